The molecule has 11 nitrogen and oxygen atoms in total. The number of anilines is 1. The summed E-state index contributed by atoms with van der Waals surface area (Å²) in [6.07, 6.45) is 6.65. The van der Waals surface area contributed by atoms with E-state index in [0.29, 0.717) is 43.8 Å². The fourth-order valence-corrected chi connectivity index (χ4v) is 6.70. The Morgan fingerprint density at radius 1 is 0.951 bits per heavy atom. The van der Waals surface area contributed by atoms with E-state index in [1.807, 2.05) is 6.07 Å². The second-order valence-corrected chi connectivity index (χ2v) is 11.8. The van der Waals surface area contributed by atoms with Gasteiger partial charge in [0, 0.05) is 32.2 Å². The molecule has 3 fully saturated rings. The van der Waals surface area contributed by atoms with E-state index in [1.54, 1.807) is 0 Å². The Morgan fingerprint density at radius 3 is 2.51 bits per heavy atom. The molecule has 5 heterocycles. The lowest BCUT2D eigenvalue weighted by Gasteiger charge is -2.37. The number of ether oxygens (including phenoxy) is 2. The van der Waals surface area contributed by atoms with Crippen LogP contribution in [-0.2, 0) is 16.0 Å². The van der Waals surface area contributed by atoms with E-state index in [4.69, 9.17) is 28.9 Å². The molecular weight excluding hydrogens is 522 g/mol. The van der Waals surface area contributed by atoms with E-state index in [9.17, 15) is 4.79 Å². The number of fused-ring (bicyclic) bond motifs is 1. The van der Waals surface area contributed by atoms with Gasteiger partial charge in [0.05, 0.1) is 24.9 Å². The Bertz CT molecular complexity index is 1530. The summed E-state index contributed by atoms with van der Waals surface area (Å²) in [5, 5.41) is 3.90. The number of benzene rings is 1. The third-order valence-electron chi connectivity index (χ3n) is 9.02. The standard InChI is InChI=1S/C30H37N7O4/c1-19-7-9-20(10-8-19)17-37-25-24(22-11-14-39-15-12-22)31-27(28-34-30(38)41-35-28)32-26(25)33-29(37)36-13-16-40-18-23(36)21-5-3-2-4-6-21/h2-6,19-20,22-23H,7-18H2,1H3,(H,34,35,38). The topological polar surface area (TPSA) is 124 Å². The van der Waals surface area contributed by atoms with Crippen molar-refractivity contribution in [2.75, 3.05) is 37.9 Å². The van der Waals surface area contributed by atoms with Crippen LogP contribution >= 0.6 is 0 Å². The van der Waals surface area contributed by atoms with Gasteiger partial charge in [0.2, 0.25) is 17.6 Å². The summed E-state index contributed by atoms with van der Waals surface area (Å²) in [6.45, 7) is 6.57. The molecule has 7 rings (SSSR count). The Morgan fingerprint density at radius 2 is 1.76 bits per heavy atom. The smallest absolute Gasteiger partial charge is 0.381 e. The van der Waals surface area contributed by atoms with Gasteiger partial charge in [-0.15, -0.1) is 0 Å². The number of nitrogens with zero attached hydrogens (tertiary/aromatic N) is 6. The van der Waals surface area contributed by atoms with Crippen LogP contribution < -0.4 is 10.7 Å². The Labute approximate surface area is 238 Å². The van der Waals surface area contributed by atoms with Crippen LogP contribution in [0.15, 0.2) is 39.6 Å². The minimum atomic E-state index is -0.631. The second kappa shape index (κ2) is 11.4. The van der Waals surface area contributed by atoms with Gasteiger partial charge < -0.3 is 18.9 Å². The predicted molar refractivity (Wildman–Crippen MR) is 153 cm³/mol. The molecule has 41 heavy (non-hydrogen) atoms. The molecule has 0 bridgehead atoms. The number of rotatable bonds is 6. The first kappa shape index (κ1) is 26.3. The molecular formula is C30H37N7O4. The molecule has 1 aromatic carbocycles. The molecule has 1 N–H and O–H groups in total. The number of aromatic nitrogens is 6. The first-order valence-electron chi connectivity index (χ1n) is 15.0. The normalized spacial score (nSPS) is 24.2. The molecule has 3 aromatic heterocycles. The number of hydrogen-bond donors (Lipinski definition) is 1. The van der Waals surface area contributed by atoms with Crippen LogP contribution in [0.2, 0.25) is 0 Å². The average molecular weight is 560 g/mol. The average Bonchev–Trinajstić information content (AvgIpc) is 3.62. The van der Waals surface area contributed by atoms with E-state index in [1.165, 1.54) is 31.2 Å². The molecule has 0 radical (unpaired) electrons. The SMILES string of the molecule is CC1CCC(Cn2c(N3CCOCC3c3ccccc3)nc3nc(-c4noc(=O)[nH]4)nc(C4CCOCC4)c32)CC1. The third-order valence-corrected chi connectivity index (χ3v) is 9.02. The van der Waals surface area contributed by atoms with Gasteiger partial charge in [0.25, 0.3) is 0 Å². The first-order chi connectivity index (χ1) is 20.1. The van der Waals surface area contributed by atoms with Gasteiger partial charge in [0.1, 0.15) is 5.52 Å². The number of morpholine rings is 1. The van der Waals surface area contributed by atoms with Gasteiger partial charge in [-0.25, -0.2) is 14.8 Å². The Balaban J connectivity index is 1.41. The van der Waals surface area contributed by atoms with Crippen LogP contribution in [0.5, 0.6) is 0 Å². The van der Waals surface area contributed by atoms with Crippen molar-refractivity contribution in [2.24, 2.45) is 11.8 Å². The second-order valence-electron chi connectivity index (χ2n) is 11.8. The summed E-state index contributed by atoms with van der Waals surface area (Å²) in [5.74, 6) is 2.35. The maximum Gasteiger partial charge on any atom is 0.439 e. The lowest BCUT2D eigenvalue weighted by molar-refractivity contribution is 0.0847. The summed E-state index contributed by atoms with van der Waals surface area (Å²) < 4.78 is 18.9. The van der Waals surface area contributed by atoms with Crippen LogP contribution in [-0.4, -0.2) is 62.6 Å². The van der Waals surface area contributed by atoms with Crippen LogP contribution in [0.1, 0.15) is 68.7 Å². The van der Waals surface area contributed by atoms with E-state index in [-0.39, 0.29) is 17.8 Å². The van der Waals surface area contributed by atoms with E-state index < -0.39 is 5.76 Å². The van der Waals surface area contributed by atoms with Gasteiger partial charge in [-0.05, 0) is 43.1 Å². The highest BCUT2D eigenvalue weighted by molar-refractivity contribution is 5.80. The summed E-state index contributed by atoms with van der Waals surface area (Å²) >= 11 is 0. The van der Waals surface area contributed by atoms with Gasteiger partial charge in [-0.3, -0.25) is 9.51 Å². The number of imidazole rings is 1. The monoisotopic (exact) mass is 559 g/mol. The molecule has 2 saturated heterocycles. The van der Waals surface area contributed by atoms with Crippen molar-refractivity contribution >= 4 is 17.1 Å². The molecule has 1 unspecified atom stereocenters. The lowest BCUT2D eigenvalue weighted by Crippen LogP contribution is -2.41. The molecule has 3 aliphatic rings. The molecule has 4 aromatic rings. The van der Waals surface area contributed by atoms with Gasteiger partial charge in [0.15, 0.2) is 5.65 Å². The van der Waals surface area contributed by atoms with Crippen LogP contribution in [0, 0.1) is 11.8 Å². The number of hydrogen-bond acceptors (Lipinski definition) is 9. The van der Waals surface area contributed by atoms with Crippen LogP contribution in [0.4, 0.5) is 5.95 Å². The Hall–Kier alpha value is -3.57. The highest BCUT2D eigenvalue weighted by atomic mass is 16.5. The first-order valence-corrected chi connectivity index (χ1v) is 15.0. The zero-order valence-electron chi connectivity index (χ0n) is 23.5. The maximum atomic E-state index is 11.8. The fourth-order valence-electron chi connectivity index (χ4n) is 6.70. The molecule has 11 heteroatoms. The van der Waals surface area contributed by atoms with Crippen LogP contribution in [0.25, 0.3) is 22.8 Å². The van der Waals surface area contributed by atoms with Gasteiger partial charge >= 0.3 is 5.76 Å². The van der Waals surface area contributed by atoms with Crippen molar-refractivity contribution in [2.45, 2.75) is 64.0 Å². The zero-order valence-corrected chi connectivity index (χ0v) is 23.5. The summed E-state index contributed by atoms with van der Waals surface area (Å²) in [6, 6.07) is 10.6. The quantitative estimate of drug-likeness (QED) is 0.364. The molecule has 0 amide bonds. The van der Waals surface area contributed by atoms with E-state index in [2.05, 4.69) is 50.8 Å². The lowest BCUT2D eigenvalue weighted by atomic mass is 9.83. The molecule has 0 spiro atoms. The largest absolute Gasteiger partial charge is 0.439 e. The molecule has 1 aliphatic carbocycles. The highest BCUT2D eigenvalue weighted by Gasteiger charge is 2.33. The third kappa shape index (κ3) is 5.28. The zero-order chi connectivity index (χ0) is 27.8. The number of H-pyrrole nitrogens is 1. The van der Waals surface area contributed by atoms with Crippen molar-refractivity contribution in [3.8, 4) is 11.6 Å². The van der Waals surface area contributed by atoms with Crippen molar-refractivity contribution in [1.29, 1.82) is 0 Å². The highest BCUT2D eigenvalue weighted by Crippen LogP contribution is 2.39. The van der Waals surface area contributed by atoms with Crippen LogP contribution in [0.3, 0.4) is 0 Å². The molecule has 2 aliphatic heterocycles. The maximum absolute atomic E-state index is 11.8. The number of nitrogens with one attached hydrogen (secondary N) is 1. The van der Waals surface area contributed by atoms with Crippen molar-refractivity contribution in [1.82, 2.24) is 29.7 Å². The summed E-state index contributed by atoms with van der Waals surface area (Å²) in [5.41, 5.74) is 3.76. The van der Waals surface area contributed by atoms with E-state index in [0.717, 1.165) is 49.0 Å². The van der Waals surface area contributed by atoms with E-state index >= 15 is 0 Å². The summed E-state index contributed by atoms with van der Waals surface area (Å²) in [7, 11) is 0. The van der Waals surface area contributed by atoms with Gasteiger partial charge in [-0.1, -0.05) is 55.3 Å². The predicted octanol–water partition coefficient (Wildman–Crippen LogP) is 4.47. The Kier molecular flexibility index (Phi) is 7.30. The van der Waals surface area contributed by atoms with Crippen molar-refractivity contribution in [3.63, 3.8) is 0 Å². The fraction of sp³-hybridized carbons (Fsp3) is 0.567. The molecule has 216 valence electrons. The minimum absolute atomic E-state index is 0.0396. The van der Waals surface area contributed by atoms with Crippen molar-refractivity contribution < 1.29 is 14.0 Å². The molecule has 1 saturated carbocycles. The minimum Gasteiger partial charge on any atom is -0.381 e. The van der Waals surface area contributed by atoms with Crippen molar-refractivity contribution in [3.05, 3.63) is 52.1 Å². The molecule has 1 atom stereocenters. The van der Waals surface area contributed by atoms with Gasteiger partial charge in [-0.2, -0.15) is 4.98 Å². The summed E-state index contributed by atoms with van der Waals surface area (Å²) in [4.78, 5) is 32.0. The number of aromatic amines is 1.